The Hall–Kier alpha value is 0.858. The van der Waals surface area contributed by atoms with Crippen molar-refractivity contribution in [2.45, 2.75) is 0 Å². The molecule has 0 atom stereocenters. The fraction of sp³-hybridized carbons (Fsp3) is 0.364. The summed E-state index contributed by atoms with van der Waals surface area (Å²) in [5.41, 5.74) is 1.04. The summed E-state index contributed by atoms with van der Waals surface area (Å²) in [7, 11) is 6.75. The first kappa shape index (κ1) is 17.9. The quantitative estimate of drug-likeness (QED) is 0.487. The second-order valence-corrected chi connectivity index (χ2v) is 29.1. The van der Waals surface area contributed by atoms with E-state index in [2.05, 4.69) is 40.3 Å². The number of rotatable bonds is 3. The number of hydrogen-bond acceptors (Lipinski definition) is 2. The molecule has 0 radical (unpaired) electrons. The van der Waals surface area contributed by atoms with Crippen LogP contribution in [0, 0.1) is 4.20 Å². The first-order valence-electron chi connectivity index (χ1n) is 4.72. The molecule has 0 aliphatic carbocycles. The molecule has 0 spiro atoms. The van der Waals surface area contributed by atoms with E-state index in [4.69, 9.17) is 9.42 Å². The fourth-order valence-electron chi connectivity index (χ4n) is 0.806. The third-order valence-corrected chi connectivity index (χ3v) is 5.02. The van der Waals surface area contributed by atoms with Crippen molar-refractivity contribution in [3.63, 3.8) is 0 Å². The number of hydrogen-bond donors (Lipinski definition) is 0. The van der Waals surface area contributed by atoms with E-state index in [1.54, 1.807) is 14.2 Å². The van der Waals surface area contributed by atoms with Crippen LogP contribution in [-0.4, -0.2) is 27.4 Å². The number of halogens is 3. The van der Waals surface area contributed by atoms with E-state index < -0.39 is 10.2 Å². The summed E-state index contributed by atoms with van der Waals surface area (Å²) in [5.74, 6) is 0. The molecule has 0 fully saturated rings. The molecule has 6 heteroatoms. The topological polar surface area (TPSA) is 18.5 Å². The van der Waals surface area contributed by atoms with Crippen molar-refractivity contribution in [1.29, 1.82) is 0 Å². The predicted molar refractivity (Wildman–Crippen MR) is 76.9 cm³/mol. The van der Waals surface area contributed by atoms with Crippen molar-refractivity contribution in [3.8, 4) is 4.20 Å². The molecule has 1 rings (SSSR count). The van der Waals surface area contributed by atoms with Crippen LogP contribution >= 0.6 is 36.0 Å². The van der Waals surface area contributed by atoms with Crippen LogP contribution in [-0.2, 0) is 19.7 Å². The van der Waals surface area contributed by atoms with Crippen molar-refractivity contribution in [2.24, 2.45) is 0 Å². The average molecular weight is 470 g/mol. The Morgan fingerprint density at radius 2 is 1.59 bits per heavy atom. The maximum atomic E-state index is 5.98. The summed E-state index contributed by atoms with van der Waals surface area (Å²) >= 11 is 6.75. The van der Waals surface area contributed by atoms with Crippen LogP contribution in [0.2, 0.25) is 0 Å². The van der Waals surface area contributed by atoms with Gasteiger partial charge >= 0.3 is 86.4 Å². The van der Waals surface area contributed by atoms with Gasteiger partial charge in [-0.15, -0.1) is 0 Å². The van der Waals surface area contributed by atoms with E-state index in [-0.39, 0.29) is 0 Å². The van der Waals surface area contributed by atoms with Gasteiger partial charge in [-0.25, -0.2) is 0 Å². The predicted octanol–water partition coefficient (Wildman–Crippen LogP) is 4.20. The monoisotopic (exact) mass is 470 g/mol. The molecule has 1 aromatic carbocycles. The molecule has 0 saturated carbocycles. The van der Waals surface area contributed by atoms with Crippen molar-refractivity contribution >= 4 is 36.0 Å². The Balaban J connectivity index is 0.000000366. The van der Waals surface area contributed by atoms with E-state index >= 15 is 0 Å². The molecule has 0 aliphatic heterocycles. The van der Waals surface area contributed by atoms with Crippen LogP contribution in [0.4, 0.5) is 0 Å². The maximum absolute atomic E-state index is 5.98. The van der Waals surface area contributed by atoms with Gasteiger partial charge in [-0.3, -0.25) is 0 Å². The third kappa shape index (κ3) is 13.1. The van der Waals surface area contributed by atoms with Gasteiger partial charge < -0.3 is 9.47 Å². The minimum absolute atomic E-state index is 0.691. The molecule has 1 aromatic rings. The molecule has 2 nitrogen and oxygen atoms in total. The van der Waals surface area contributed by atoms with E-state index in [1.807, 2.05) is 30.3 Å². The Bertz CT molecular complexity index is 388. The first-order chi connectivity index (χ1) is 7.99. The summed E-state index contributed by atoms with van der Waals surface area (Å²) in [4.78, 5) is 0. The summed E-state index contributed by atoms with van der Waals surface area (Å²) in [5, 5.41) is 0. The van der Waals surface area contributed by atoms with Crippen LogP contribution in [0.1, 0.15) is 5.56 Å². The van der Waals surface area contributed by atoms with Crippen molar-refractivity contribution in [1.82, 2.24) is 0 Å². The molecule has 0 aliphatic rings. The van der Waals surface area contributed by atoms with Gasteiger partial charge in [-0.05, 0) is 0 Å². The van der Waals surface area contributed by atoms with Crippen molar-refractivity contribution < 1.29 is 19.7 Å². The van der Waals surface area contributed by atoms with Crippen molar-refractivity contribution in [3.05, 3.63) is 35.9 Å². The minimum atomic E-state index is -2.53. The van der Waals surface area contributed by atoms with Gasteiger partial charge in [-0.2, -0.15) is 0 Å². The second-order valence-electron chi connectivity index (χ2n) is 2.86. The van der Waals surface area contributed by atoms with Gasteiger partial charge in [0.05, 0.1) is 13.2 Å². The Morgan fingerprint density at radius 3 is 1.94 bits per heavy atom. The zero-order valence-corrected chi connectivity index (χ0v) is 15.6. The van der Waals surface area contributed by atoms with E-state index in [9.17, 15) is 0 Å². The van der Waals surface area contributed by atoms with E-state index in [0.717, 1.165) is 5.56 Å². The first-order valence-corrected chi connectivity index (χ1v) is 17.5. The zero-order valence-electron chi connectivity index (χ0n) is 9.66. The molecule has 17 heavy (non-hydrogen) atoms. The van der Waals surface area contributed by atoms with Crippen LogP contribution in [0.25, 0.3) is 0 Å². The molecule has 0 aromatic heterocycles. The van der Waals surface area contributed by atoms with Crippen LogP contribution in [0.5, 0.6) is 0 Å². The van der Waals surface area contributed by atoms with Crippen molar-refractivity contribution in [2.75, 3.05) is 27.4 Å². The van der Waals surface area contributed by atoms with E-state index in [1.165, 1.54) is 0 Å². The van der Waals surface area contributed by atoms with Gasteiger partial charge in [0.2, 0.25) is 0 Å². The molecule has 0 bridgehead atoms. The average Bonchev–Trinajstić information content (AvgIpc) is 2.26. The zero-order chi connectivity index (χ0) is 13.1. The van der Waals surface area contributed by atoms with Gasteiger partial charge in [0.25, 0.3) is 0 Å². The van der Waals surface area contributed by atoms with Crippen LogP contribution in [0.3, 0.4) is 0 Å². The van der Waals surface area contributed by atoms with Gasteiger partial charge in [-0.1, -0.05) is 0 Å². The van der Waals surface area contributed by atoms with Crippen LogP contribution < -0.4 is 0 Å². The standard InChI is InChI=1S/C7H5.C4H10O2.2BrH.ClH.Mo/c1-7-5-3-2-4-6-7;1-5-3-4-6-2;;;;/h2-6H;3-4H2,1-2H3;3*1H;/q;;;;;+3/p-3. The summed E-state index contributed by atoms with van der Waals surface area (Å²) in [6, 6.07) is 9.86. The fourth-order valence-corrected chi connectivity index (χ4v) is 4.54. The SMILES string of the molecule is COCCOC.[Cl][Mo]([Br])([Br])#[C]c1ccccc1. The molecule has 0 heterocycles. The second kappa shape index (κ2) is 10.8. The summed E-state index contributed by atoms with van der Waals surface area (Å²) < 4.78 is 12.5. The normalized spacial score (nSPS) is 10.2. The third-order valence-electron chi connectivity index (χ3n) is 1.50. The number of methoxy groups -OCH3 is 2. The molecular weight excluding hydrogens is 455 g/mol. The Labute approximate surface area is 122 Å². The molecule has 0 N–H and O–H groups in total. The van der Waals surface area contributed by atoms with Gasteiger partial charge in [0.15, 0.2) is 0 Å². The molecule has 98 valence electrons. The summed E-state index contributed by atoms with van der Waals surface area (Å²) in [6.45, 7) is 1.38. The van der Waals surface area contributed by atoms with E-state index in [0.29, 0.717) is 13.2 Å². The van der Waals surface area contributed by atoms with Gasteiger partial charge in [0.1, 0.15) is 0 Å². The molecule has 0 unspecified atom stereocenters. The van der Waals surface area contributed by atoms with Crippen LogP contribution in [0.15, 0.2) is 30.3 Å². The number of ether oxygens (including phenoxy) is 2. The van der Waals surface area contributed by atoms with Gasteiger partial charge in [0, 0.05) is 14.2 Å². The summed E-state index contributed by atoms with van der Waals surface area (Å²) in [6.07, 6.45) is 0. The number of benzene rings is 1. The Kier molecular flexibility index (Phi) is 11.3. The molecule has 0 saturated heterocycles. The Morgan fingerprint density at radius 1 is 1.12 bits per heavy atom. The molecule has 0 amide bonds. The molecular formula is C11H15Br2ClMoO2.